The second-order valence-electron chi connectivity index (χ2n) is 8.46. The van der Waals surface area contributed by atoms with E-state index in [0.717, 1.165) is 61.8 Å². The smallest absolute Gasteiger partial charge is 0.227 e. The van der Waals surface area contributed by atoms with Crippen LogP contribution in [0.2, 0.25) is 0 Å². The van der Waals surface area contributed by atoms with Crippen molar-refractivity contribution in [1.29, 1.82) is 0 Å². The van der Waals surface area contributed by atoms with Crippen LogP contribution in [0.5, 0.6) is 0 Å². The molecule has 0 aliphatic carbocycles. The highest BCUT2D eigenvalue weighted by Gasteiger charge is 2.23. The quantitative estimate of drug-likeness (QED) is 0.370. The molecule has 2 aromatic carbocycles. The first-order valence-electron chi connectivity index (χ1n) is 12.0. The number of rotatable bonds is 8. The monoisotopic (exact) mass is 447 g/mol. The summed E-state index contributed by atoms with van der Waals surface area (Å²) in [6, 6.07) is 16.2. The van der Waals surface area contributed by atoms with Gasteiger partial charge in [-0.3, -0.25) is 9.59 Å². The number of para-hydroxylation sites is 1. The first-order chi connectivity index (χ1) is 16.2. The van der Waals surface area contributed by atoms with E-state index >= 15 is 0 Å². The number of guanidine groups is 1. The highest BCUT2D eigenvalue weighted by Crippen LogP contribution is 2.28. The van der Waals surface area contributed by atoms with Crippen molar-refractivity contribution in [1.82, 2.24) is 10.6 Å². The van der Waals surface area contributed by atoms with Gasteiger partial charge in [-0.2, -0.15) is 0 Å². The summed E-state index contributed by atoms with van der Waals surface area (Å²) in [4.78, 5) is 33.0. The number of benzene rings is 2. The molecule has 0 aromatic heterocycles. The lowest BCUT2D eigenvalue weighted by atomic mass is 10.2. The summed E-state index contributed by atoms with van der Waals surface area (Å²) in [6.45, 7) is 5.62. The zero-order valence-corrected chi connectivity index (χ0v) is 19.3. The maximum Gasteiger partial charge on any atom is 0.227 e. The van der Waals surface area contributed by atoms with Crippen molar-refractivity contribution in [3.05, 3.63) is 59.7 Å². The van der Waals surface area contributed by atoms with Crippen molar-refractivity contribution in [3.63, 3.8) is 0 Å². The SMILES string of the molecule is CCNC(=NCc1ccc(N2CCCC2=O)cc1)NCCCC(=O)N1CCc2ccccc21. The molecule has 7 nitrogen and oxygen atoms in total. The number of nitrogens with zero attached hydrogens (tertiary/aromatic N) is 3. The Hall–Kier alpha value is -3.35. The Morgan fingerprint density at radius 3 is 2.61 bits per heavy atom. The first-order valence-corrected chi connectivity index (χ1v) is 12.0. The molecule has 1 saturated heterocycles. The fraction of sp³-hybridized carbons (Fsp3) is 0.423. The topological polar surface area (TPSA) is 77.0 Å². The second kappa shape index (κ2) is 11.0. The highest BCUT2D eigenvalue weighted by molar-refractivity contribution is 5.96. The zero-order valence-electron chi connectivity index (χ0n) is 19.3. The Bertz CT molecular complexity index is 1000. The molecule has 4 rings (SSSR count). The molecule has 33 heavy (non-hydrogen) atoms. The lowest BCUT2D eigenvalue weighted by molar-refractivity contribution is -0.118. The molecule has 0 saturated carbocycles. The van der Waals surface area contributed by atoms with E-state index in [1.54, 1.807) is 0 Å². The average molecular weight is 448 g/mol. The number of carbonyl (C=O) groups excluding carboxylic acids is 2. The minimum Gasteiger partial charge on any atom is -0.357 e. The molecule has 0 atom stereocenters. The zero-order chi connectivity index (χ0) is 23.0. The van der Waals surface area contributed by atoms with E-state index < -0.39 is 0 Å². The summed E-state index contributed by atoms with van der Waals surface area (Å²) in [5.74, 6) is 1.13. The van der Waals surface area contributed by atoms with E-state index in [1.807, 2.05) is 59.2 Å². The summed E-state index contributed by atoms with van der Waals surface area (Å²) < 4.78 is 0. The predicted molar refractivity (Wildman–Crippen MR) is 133 cm³/mol. The van der Waals surface area contributed by atoms with Gasteiger partial charge in [0.05, 0.1) is 6.54 Å². The van der Waals surface area contributed by atoms with Crippen LogP contribution in [0.15, 0.2) is 53.5 Å². The van der Waals surface area contributed by atoms with Gasteiger partial charge < -0.3 is 20.4 Å². The summed E-state index contributed by atoms with van der Waals surface area (Å²) >= 11 is 0. The fourth-order valence-electron chi connectivity index (χ4n) is 4.39. The van der Waals surface area contributed by atoms with Crippen LogP contribution in [0, 0.1) is 0 Å². The van der Waals surface area contributed by atoms with Gasteiger partial charge in [0.15, 0.2) is 5.96 Å². The maximum absolute atomic E-state index is 12.7. The molecule has 2 aliphatic heterocycles. The molecule has 0 spiro atoms. The molecule has 174 valence electrons. The lowest BCUT2D eigenvalue weighted by Gasteiger charge is -2.17. The third kappa shape index (κ3) is 5.72. The molecule has 0 radical (unpaired) electrons. The van der Waals surface area contributed by atoms with Crippen molar-refractivity contribution < 1.29 is 9.59 Å². The van der Waals surface area contributed by atoms with Gasteiger partial charge in [0.2, 0.25) is 11.8 Å². The van der Waals surface area contributed by atoms with Crippen LogP contribution >= 0.6 is 0 Å². The predicted octanol–water partition coefficient (Wildman–Crippen LogP) is 3.24. The molecule has 2 N–H and O–H groups in total. The van der Waals surface area contributed by atoms with E-state index in [0.29, 0.717) is 25.9 Å². The van der Waals surface area contributed by atoms with Gasteiger partial charge >= 0.3 is 0 Å². The van der Waals surface area contributed by atoms with Gasteiger partial charge in [0.25, 0.3) is 0 Å². The maximum atomic E-state index is 12.7. The molecular formula is C26H33N5O2. The van der Waals surface area contributed by atoms with Gasteiger partial charge in [-0.1, -0.05) is 30.3 Å². The Morgan fingerprint density at radius 2 is 1.85 bits per heavy atom. The highest BCUT2D eigenvalue weighted by atomic mass is 16.2. The van der Waals surface area contributed by atoms with Crippen LogP contribution in [-0.4, -0.2) is 44.0 Å². The largest absolute Gasteiger partial charge is 0.357 e. The van der Waals surface area contributed by atoms with Crippen molar-refractivity contribution in [2.45, 2.75) is 45.6 Å². The molecular weight excluding hydrogens is 414 g/mol. The van der Waals surface area contributed by atoms with Crippen LogP contribution in [0.4, 0.5) is 11.4 Å². The molecule has 2 amide bonds. The fourth-order valence-corrected chi connectivity index (χ4v) is 4.39. The van der Waals surface area contributed by atoms with Crippen molar-refractivity contribution in [2.24, 2.45) is 4.99 Å². The Morgan fingerprint density at radius 1 is 1.03 bits per heavy atom. The number of carbonyl (C=O) groups is 2. The van der Waals surface area contributed by atoms with Crippen LogP contribution in [0.1, 0.15) is 43.7 Å². The van der Waals surface area contributed by atoms with Crippen molar-refractivity contribution >= 4 is 29.1 Å². The van der Waals surface area contributed by atoms with E-state index in [9.17, 15) is 9.59 Å². The third-order valence-electron chi connectivity index (χ3n) is 6.13. The minimum atomic E-state index is 0.181. The first kappa shape index (κ1) is 22.8. The van der Waals surface area contributed by atoms with Gasteiger partial charge in [-0.15, -0.1) is 0 Å². The van der Waals surface area contributed by atoms with E-state index in [2.05, 4.69) is 21.7 Å². The molecule has 2 heterocycles. The van der Waals surface area contributed by atoms with Crippen molar-refractivity contribution in [3.8, 4) is 0 Å². The molecule has 1 fully saturated rings. The summed E-state index contributed by atoms with van der Waals surface area (Å²) in [7, 11) is 0. The number of fused-ring (bicyclic) bond motifs is 1. The molecule has 0 unspecified atom stereocenters. The van der Waals surface area contributed by atoms with Gasteiger partial charge in [-0.25, -0.2) is 4.99 Å². The van der Waals surface area contributed by atoms with Gasteiger partial charge in [0, 0.05) is 50.4 Å². The summed E-state index contributed by atoms with van der Waals surface area (Å²) in [5, 5.41) is 6.59. The van der Waals surface area contributed by atoms with Crippen LogP contribution in [-0.2, 0) is 22.6 Å². The number of amides is 2. The standard InChI is InChI=1S/C26H33N5O2/c1-2-27-26(29-19-20-11-13-22(14-12-20)30-17-6-10-24(30)32)28-16-5-9-25(33)31-18-15-21-7-3-4-8-23(21)31/h3-4,7-8,11-14H,2,5-6,9-10,15-19H2,1H3,(H2,27,28,29). The van der Waals surface area contributed by atoms with Crippen LogP contribution in [0.3, 0.4) is 0 Å². The number of nitrogens with one attached hydrogen (secondary N) is 2. The van der Waals surface area contributed by atoms with Gasteiger partial charge in [0.1, 0.15) is 0 Å². The average Bonchev–Trinajstić information content (AvgIpc) is 3.46. The summed E-state index contributed by atoms with van der Waals surface area (Å²) in [6.07, 6.45) is 3.77. The van der Waals surface area contributed by atoms with Crippen LogP contribution in [0.25, 0.3) is 0 Å². The number of aliphatic imine (C=N–C) groups is 1. The molecule has 2 aliphatic rings. The van der Waals surface area contributed by atoms with E-state index in [-0.39, 0.29) is 11.8 Å². The number of hydrogen-bond acceptors (Lipinski definition) is 3. The Balaban J connectivity index is 1.24. The third-order valence-corrected chi connectivity index (χ3v) is 6.13. The minimum absolute atomic E-state index is 0.181. The van der Waals surface area contributed by atoms with E-state index in [1.165, 1.54) is 5.56 Å². The van der Waals surface area contributed by atoms with E-state index in [4.69, 9.17) is 0 Å². The van der Waals surface area contributed by atoms with Crippen molar-refractivity contribution in [2.75, 3.05) is 36.0 Å². The molecule has 7 heteroatoms. The summed E-state index contributed by atoms with van der Waals surface area (Å²) in [5.41, 5.74) is 4.36. The Kier molecular flexibility index (Phi) is 7.60. The number of anilines is 2. The lowest BCUT2D eigenvalue weighted by Crippen LogP contribution is -2.38. The molecule has 0 bridgehead atoms. The normalized spacial score (nSPS) is 15.7. The second-order valence-corrected chi connectivity index (χ2v) is 8.46. The van der Waals surface area contributed by atoms with Crippen LogP contribution < -0.4 is 20.4 Å². The Labute approximate surface area is 195 Å². The molecule has 2 aromatic rings. The number of hydrogen-bond donors (Lipinski definition) is 2. The van der Waals surface area contributed by atoms with Gasteiger partial charge in [-0.05, 0) is 55.5 Å².